The van der Waals surface area contributed by atoms with Crippen LogP contribution in [0.25, 0.3) is 10.9 Å². The number of aromatic amines is 3. The first-order valence-corrected chi connectivity index (χ1v) is 12.6. The molecule has 0 saturated carbocycles. The molecule has 40 heavy (non-hydrogen) atoms. The topological polar surface area (TPSA) is 224 Å². The molecule has 210 valence electrons. The highest BCUT2D eigenvalue weighted by Crippen LogP contribution is 2.18. The van der Waals surface area contributed by atoms with E-state index in [2.05, 4.69) is 40.9 Å². The van der Waals surface area contributed by atoms with Gasteiger partial charge in [0.1, 0.15) is 18.1 Å². The molecule has 0 bridgehead atoms. The Bertz CT molecular complexity index is 1450. The molecule has 0 saturated heterocycles. The molecule has 3 amide bonds. The minimum atomic E-state index is -1.27. The number of fused-ring (bicyclic) bond motifs is 1. The molecule has 0 radical (unpaired) electrons. The van der Waals surface area contributed by atoms with Gasteiger partial charge in [-0.1, -0.05) is 18.2 Å². The number of nitrogens with two attached hydrogens (primary N) is 1. The molecule has 4 atom stereocenters. The number of imidazole rings is 2. The third kappa shape index (κ3) is 7.11. The SMILES string of the molecule is CC(NC(=O)C(N)Cc1c[nH]c2ccccc12)C(=O)NC(Cc1cnc[nH]1)C(=O)NC(Cc1cnc[nH]1)C(=O)O. The number of aromatic nitrogens is 5. The lowest BCUT2D eigenvalue weighted by molar-refractivity contribution is -0.142. The maximum Gasteiger partial charge on any atom is 0.326 e. The summed E-state index contributed by atoms with van der Waals surface area (Å²) in [4.78, 5) is 67.3. The van der Waals surface area contributed by atoms with Crippen molar-refractivity contribution in [3.8, 4) is 0 Å². The fraction of sp³-hybridized carbons (Fsp3) is 0.308. The number of para-hydroxylation sites is 1. The number of aliphatic carboxylic acids is 1. The van der Waals surface area contributed by atoms with Gasteiger partial charge in [0, 0.05) is 53.7 Å². The Hall–Kier alpha value is -4.98. The van der Waals surface area contributed by atoms with Crippen LogP contribution in [0.5, 0.6) is 0 Å². The van der Waals surface area contributed by atoms with E-state index in [1.165, 1.54) is 32.0 Å². The van der Waals surface area contributed by atoms with Crippen LogP contribution in [0, 0.1) is 0 Å². The lowest BCUT2D eigenvalue weighted by Crippen LogP contribution is -2.57. The Morgan fingerprint density at radius 1 is 0.850 bits per heavy atom. The molecule has 1 aromatic carbocycles. The summed E-state index contributed by atoms with van der Waals surface area (Å²) in [5.41, 5.74) is 8.98. The summed E-state index contributed by atoms with van der Waals surface area (Å²) in [6, 6.07) is 3.26. The first-order chi connectivity index (χ1) is 19.2. The van der Waals surface area contributed by atoms with Crippen LogP contribution in [0.15, 0.2) is 55.5 Å². The molecule has 4 aromatic rings. The summed E-state index contributed by atoms with van der Waals surface area (Å²) < 4.78 is 0. The summed E-state index contributed by atoms with van der Waals surface area (Å²) >= 11 is 0. The number of nitrogens with zero attached hydrogens (tertiary/aromatic N) is 2. The number of rotatable bonds is 13. The van der Waals surface area contributed by atoms with Crippen LogP contribution in [0.3, 0.4) is 0 Å². The van der Waals surface area contributed by atoms with Crippen molar-refractivity contribution in [2.75, 3.05) is 0 Å². The van der Waals surface area contributed by atoms with Crippen molar-refractivity contribution < 1.29 is 24.3 Å². The van der Waals surface area contributed by atoms with Gasteiger partial charge in [-0.25, -0.2) is 14.8 Å². The monoisotopic (exact) mass is 549 g/mol. The van der Waals surface area contributed by atoms with Crippen LogP contribution in [-0.4, -0.2) is 77.9 Å². The van der Waals surface area contributed by atoms with Gasteiger partial charge in [-0.3, -0.25) is 14.4 Å². The van der Waals surface area contributed by atoms with Gasteiger partial charge in [-0.05, 0) is 25.0 Å². The number of carbonyl (C=O) groups is 4. The van der Waals surface area contributed by atoms with Crippen LogP contribution in [0.1, 0.15) is 23.9 Å². The normalized spacial score (nSPS) is 14.2. The van der Waals surface area contributed by atoms with Crippen molar-refractivity contribution >= 4 is 34.6 Å². The lowest BCUT2D eigenvalue weighted by Gasteiger charge is -2.23. The number of carbonyl (C=O) groups excluding carboxylic acids is 3. The van der Waals surface area contributed by atoms with Crippen LogP contribution in [0.2, 0.25) is 0 Å². The molecule has 14 heteroatoms. The zero-order chi connectivity index (χ0) is 28.6. The van der Waals surface area contributed by atoms with E-state index in [4.69, 9.17) is 5.73 Å². The van der Waals surface area contributed by atoms with E-state index in [9.17, 15) is 24.3 Å². The van der Waals surface area contributed by atoms with Crippen molar-refractivity contribution in [1.29, 1.82) is 0 Å². The minimum absolute atomic E-state index is 0.00864. The van der Waals surface area contributed by atoms with Gasteiger partial charge in [0.2, 0.25) is 17.7 Å². The van der Waals surface area contributed by atoms with Gasteiger partial charge in [-0.2, -0.15) is 0 Å². The molecule has 4 rings (SSSR count). The molecule has 0 aliphatic heterocycles. The molecule has 3 aromatic heterocycles. The molecule has 9 N–H and O–H groups in total. The van der Waals surface area contributed by atoms with Gasteiger partial charge in [0.15, 0.2) is 0 Å². The van der Waals surface area contributed by atoms with Crippen LogP contribution >= 0.6 is 0 Å². The van der Waals surface area contributed by atoms with Crippen LogP contribution < -0.4 is 21.7 Å². The summed E-state index contributed by atoms with van der Waals surface area (Å²) in [5.74, 6) is -3.15. The Morgan fingerprint density at radius 3 is 2.10 bits per heavy atom. The number of nitrogens with one attached hydrogen (secondary N) is 6. The highest BCUT2D eigenvalue weighted by molar-refractivity contribution is 5.94. The summed E-state index contributed by atoms with van der Waals surface area (Å²) in [7, 11) is 0. The number of benzene rings is 1. The Kier molecular flexibility index (Phi) is 8.91. The number of hydrogen-bond acceptors (Lipinski definition) is 7. The average molecular weight is 550 g/mol. The third-order valence-electron chi connectivity index (χ3n) is 6.41. The fourth-order valence-corrected chi connectivity index (χ4v) is 4.23. The van der Waals surface area contributed by atoms with E-state index in [1.54, 1.807) is 6.20 Å². The van der Waals surface area contributed by atoms with Crippen LogP contribution in [-0.2, 0) is 38.4 Å². The lowest BCUT2D eigenvalue weighted by atomic mass is 10.0. The number of H-pyrrole nitrogens is 3. The molecular weight excluding hydrogens is 518 g/mol. The van der Waals surface area contributed by atoms with Gasteiger partial charge in [0.05, 0.1) is 18.7 Å². The molecule has 14 nitrogen and oxygen atoms in total. The molecule has 3 heterocycles. The first kappa shape index (κ1) is 28.0. The van der Waals surface area contributed by atoms with Crippen molar-refractivity contribution in [2.24, 2.45) is 5.73 Å². The van der Waals surface area contributed by atoms with Crippen molar-refractivity contribution in [1.82, 2.24) is 40.9 Å². The average Bonchev–Trinajstić information content (AvgIpc) is 3.71. The van der Waals surface area contributed by atoms with E-state index >= 15 is 0 Å². The maximum atomic E-state index is 13.1. The van der Waals surface area contributed by atoms with Gasteiger partial charge >= 0.3 is 5.97 Å². The predicted molar refractivity (Wildman–Crippen MR) is 144 cm³/mol. The largest absolute Gasteiger partial charge is 0.480 e. The molecule has 0 fully saturated rings. The van der Waals surface area contributed by atoms with Gasteiger partial charge in [-0.15, -0.1) is 0 Å². The quantitative estimate of drug-likeness (QED) is 0.109. The zero-order valence-corrected chi connectivity index (χ0v) is 21.7. The maximum absolute atomic E-state index is 13.1. The number of amides is 3. The molecule has 0 aliphatic carbocycles. The second kappa shape index (κ2) is 12.7. The highest BCUT2D eigenvalue weighted by Gasteiger charge is 2.30. The van der Waals surface area contributed by atoms with E-state index in [0.717, 1.165) is 16.5 Å². The minimum Gasteiger partial charge on any atom is -0.480 e. The van der Waals surface area contributed by atoms with Crippen molar-refractivity contribution in [3.63, 3.8) is 0 Å². The van der Waals surface area contributed by atoms with E-state index < -0.39 is 47.9 Å². The highest BCUT2D eigenvalue weighted by atomic mass is 16.4. The predicted octanol–water partition coefficient (Wildman–Crippen LogP) is -0.472. The third-order valence-corrected chi connectivity index (χ3v) is 6.41. The number of carboxylic acids is 1. The zero-order valence-electron chi connectivity index (χ0n) is 21.7. The second-order valence-electron chi connectivity index (χ2n) is 9.42. The number of hydrogen-bond donors (Lipinski definition) is 8. The molecule has 4 unspecified atom stereocenters. The molecule has 0 spiro atoms. The molecular formula is C26H31N9O5. The smallest absolute Gasteiger partial charge is 0.326 e. The van der Waals surface area contributed by atoms with E-state index in [1.807, 2.05) is 24.3 Å². The summed E-state index contributed by atoms with van der Waals surface area (Å²) in [5, 5.41) is 18.2. The summed E-state index contributed by atoms with van der Waals surface area (Å²) in [6.07, 6.45) is 7.79. The standard InChI is InChI=1S/C26H31N9O5/c1-14(33-24(37)19(27)6-15-9-30-20-5-3-2-4-18(15)20)23(36)34-21(7-16-10-28-12-31-16)25(38)35-22(26(39)40)8-17-11-29-13-32-17/h2-5,9-14,19,21-22,30H,6-8,27H2,1H3,(H,28,31)(H,29,32)(H,33,37)(H,34,36)(H,35,38)(H,39,40). The van der Waals surface area contributed by atoms with Crippen LogP contribution in [0.4, 0.5) is 0 Å². The Labute approximate surface area is 228 Å². The second-order valence-corrected chi connectivity index (χ2v) is 9.42. The Morgan fingerprint density at radius 2 is 1.48 bits per heavy atom. The summed E-state index contributed by atoms with van der Waals surface area (Å²) in [6.45, 7) is 1.47. The van der Waals surface area contributed by atoms with Gasteiger partial charge < -0.3 is 41.7 Å². The number of carboxylic acid groups (broad SMARTS) is 1. The van der Waals surface area contributed by atoms with Crippen molar-refractivity contribution in [3.05, 3.63) is 72.5 Å². The van der Waals surface area contributed by atoms with Crippen molar-refractivity contribution in [2.45, 2.75) is 50.4 Å². The van der Waals surface area contributed by atoms with Gasteiger partial charge in [0.25, 0.3) is 0 Å². The first-order valence-electron chi connectivity index (χ1n) is 12.6. The van der Waals surface area contributed by atoms with E-state index in [-0.39, 0.29) is 19.3 Å². The fourth-order valence-electron chi connectivity index (χ4n) is 4.23. The molecule has 0 aliphatic rings. The Balaban J connectivity index is 1.38. The van der Waals surface area contributed by atoms with E-state index in [0.29, 0.717) is 11.4 Å².